The average molecular weight is 185 g/mol. The van der Waals surface area contributed by atoms with Gasteiger partial charge in [-0.1, -0.05) is 18.2 Å². The van der Waals surface area contributed by atoms with Crippen LogP contribution in [-0.2, 0) is 4.79 Å². The second-order valence-corrected chi connectivity index (χ2v) is 3.26. The van der Waals surface area contributed by atoms with Gasteiger partial charge in [0.25, 0.3) is 5.91 Å². The highest BCUT2D eigenvalue weighted by Gasteiger charge is 2.32. The van der Waals surface area contributed by atoms with Crippen molar-refractivity contribution in [3.8, 4) is 0 Å². The van der Waals surface area contributed by atoms with Crippen molar-refractivity contribution in [2.75, 3.05) is 5.32 Å². The number of benzene rings is 1. The maximum absolute atomic E-state index is 11.5. The number of carbonyl (C=O) groups excluding carboxylic acids is 1. The van der Waals surface area contributed by atoms with Gasteiger partial charge in [-0.2, -0.15) is 10.2 Å². The molecule has 1 atom stereocenters. The summed E-state index contributed by atoms with van der Waals surface area (Å²) in [5.74, 6) is -0.0984. The fourth-order valence-corrected chi connectivity index (χ4v) is 1.75. The fourth-order valence-electron chi connectivity index (χ4n) is 1.75. The van der Waals surface area contributed by atoms with Gasteiger partial charge < -0.3 is 5.32 Å². The quantitative estimate of drug-likeness (QED) is 0.660. The first-order valence-electron chi connectivity index (χ1n) is 4.36. The number of para-hydroxylation sites is 1. The highest BCUT2D eigenvalue weighted by molar-refractivity contribution is 6.08. The van der Waals surface area contributed by atoms with Gasteiger partial charge >= 0.3 is 0 Å². The van der Waals surface area contributed by atoms with Crippen molar-refractivity contribution in [1.29, 1.82) is 0 Å². The molecule has 0 radical (unpaired) electrons. The number of carbonyl (C=O) groups is 1. The molecule has 0 bridgehead atoms. The Balaban J connectivity index is 2.22. The van der Waals surface area contributed by atoms with Gasteiger partial charge in [0, 0.05) is 11.3 Å². The maximum Gasteiger partial charge on any atom is 0.255 e. The predicted octanol–water partition coefficient (Wildman–Crippen LogP) is 2.03. The third kappa shape index (κ3) is 0.849. The molecule has 0 fully saturated rings. The van der Waals surface area contributed by atoms with Crippen LogP contribution in [0.4, 0.5) is 5.69 Å². The van der Waals surface area contributed by atoms with Gasteiger partial charge in [-0.3, -0.25) is 4.79 Å². The zero-order chi connectivity index (χ0) is 9.54. The number of hydrogen-bond acceptors (Lipinski definition) is 3. The lowest BCUT2D eigenvalue weighted by Gasteiger charge is -2.21. The van der Waals surface area contributed by atoms with Crippen LogP contribution in [0.5, 0.6) is 0 Å². The lowest BCUT2D eigenvalue weighted by Crippen LogP contribution is -2.23. The molecule has 0 aromatic heterocycles. The fraction of sp³-hybridized carbons (Fsp3) is 0.100. The molecule has 0 saturated carbocycles. The highest BCUT2D eigenvalue weighted by atomic mass is 16.1. The van der Waals surface area contributed by atoms with E-state index >= 15 is 0 Å². The lowest BCUT2D eigenvalue weighted by atomic mass is 9.95. The lowest BCUT2D eigenvalue weighted by molar-refractivity contribution is -0.113. The molecule has 2 aliphatic heterocycles. The second kappa shape index (κ2) is 2.51. The first-order valence-corrected chi connectivity index (χ1v) is 4.36. The number of anilines is 1. The summed E-state index contributed by atoms with van der Waals surface area (Å²) in [7, 11) is 0. The van der Waals surface area contributed by atoms with Crippen LogP contribution in [-0.4, -0.2) is 5.91 Å². The van der Waals surface area contributed by atoms with Crippen LogP contribution in [0.15, 0.2) is 46.3 Å². The van der Waals surface area contributed by atoms with Crippen LogP contribution in [0.2, 0.25) is 0 Å². The molecule has 1 aromatic rings. The van der Waals surface area contributed by atoms with E-state index in [1.54, 1.807) is 0 Å². The molecule has 2 aliphatic rings. The molecule has 3 rings (SSSR count). The number of amides is 1. The first kappa shape index (κ1) is 7.44. The van der Waals surface area contributed by atoms with E-state index in [9.17, 15) is 4.79 Å². The molecule has 1 N–H and O–H groups in total. The Hall–Kier alpha value is -1.97. The number of nitrogens with zero attached hydrogens (tertiary/aromatic N) is 2. The summed E-state index contributed by atoms with van der Waals surface area (Å²) in [6, 6.07) is 7.46. The van der Waals surface area contributed by atoms with Gasteiger partial charge in [0.2, 0.25) is 0 Å². The summed E-state index contributed by atoms with van der Waals surface area (Å²) in [6.45, 7) is 0. The van der Waals surface area contributed by atoms with Crippen molar-refractivity contribution in [3.63, 3.8) is 0 Å². The average Bonchev–Trinajstić information content (AvgIpc) is 2.67. The monoisotopic (exact) mass is 185 g/mol. The minimum atomic E-state index is -0.194. The van der Waals surface area contributed by atoms with E-state index in [4.69, 9.17) is 0 Å². The summed E-state index contributed by atoms with van der Waals surface area (Å²) < 4.78 is 0. The van der Waals surface area contributed by atoms with Crippen LogP contribution < -0.4 is 5.32 Å². The molecule has 0 saturated heterocycles. The summed E-state index contributed by atoms with van der Waals surface area (Å²) in [4.78, 5) is 11.5. The molecule has 68 valence electrons. The van der Waals surface area contributed by atoms with E-state index < -0.39 is 0 Å². The molecule has 4 heteroatoms. The third-order valence-electron chi connectivity index (χ3n) is 2.44. The molecule has 1 amide bonds. The Bertz CT molecular complexity index is 476. The molecule has 0 aliphatic carbocycles. The largest absolute Gasteiger partial charge is 0.322 e. The topological polar surface area (TPSA) is 53.8 Å². The van der Waals surface area contributed by atoms with Gasteiger partial charge in [-0.15, -0.1) is 0 Å². The SMILES string of the molecule is O=C1Nc2ccccc2C2N=NC=C12. The van der Waals surface area contributed by atoms with Gasteiger partial charge in [-0.05, 0) is 6.07 Å². The molecule has 2 heterocycles. The molecular weight excluding hydrogens is 178 g/mol. The van der Waals surface area contributed by atoms with Gasteiger partial charge in [0.1, 0.15) is 6.04 Å². The standard InChI is InChI=1S/C10H7N3O/c14-10-7-5-11-13-9(7)6-3-1-2-4-8(6)12-10/h1-5,9H,(H,12,14). The Morgan fingerprint density at radius 2 is 2.14 bits per heavy atom. The summed E-state index contributed by atoms with van der Waals surface area (Å²) in [6.07, 6.45) is 1.52. The van der Waals surface area contributed by atoms with E-state index in [0.717, 1.165) is 11.3 Å². The Labute approximate surface area is 80.3 Å². The molecule has 0 spiro atoms. The number of azo groups is 1. The molecule has 4 nitrogen and oxygen atoms in total. The van der Waals surface area contributed by atoms with Crippen LogP contribution in [0, 0.1) is 0 Å². The summed E-state index contributed by atoms with van der Waals surface area (Å²) >= 11 is 0. The predicted molar refractivity (Wildman–Crippen MR) is 50.8 cm³/mol. The van der Waals surface area contributed by atoms with Crippen LogP contribution >= 0.6 is 0 Å². The van der Waals surface area contributed by atoms with Crippen molar-refractivity contribution in [2.24, 2.45) is 10.2 Å². The highest BCUT2D eigenvalue weighted by Crippen LogP contribution is 2.39. The van der Waals surface area contributed by atoms with E-state index in [1.807, 2.05) is 24.3 Å². The molecule has 1 unspecified atom stereocenters. The van der Waals surface area contributed by atoms with Crippen LogP contribution in [0.1, 0.15) is 11.6 Å². The number of fused-ring (bicyclic) bond motifs is 3. The van der Waals surface area contributed by atoms with Crippen molar-refractivity contribution >= 4 is 11.6 Å². The van der Waals surface area contributed by atoms with Crippen molar-refractivity contribution in [1.82, 2.24) is 0 Å². The molecule has 14 heavy (non-hydrogen) atoms. The van der Waals surface area contributed by atoms with Gasteiger partial charge in [0.05, 0.1) is 11.8 Å². The molecular formula is C10H7N3O. The van der Waals surface area contributed by atoms with Crippen molar-refractivity contribution < 1.29 is 4.79 Å². The first-order chi connectivity index (χ1) is 6.86. The maximum atomic E-state index is 11.5. The second-order valence-electron chi connectivity index (χ2n) is 3.26. The van der Waals surface area contributed by atoms with Crippen molar-refractivity contribution in [3.05, 3.63) is 41.6 Å². The minimum absolute atomic E-state index is 0.0984. The van der Waals surface area contributed by atoms with Crippen LogP contribution in [0.3, 0.4) is 0 Å². The number of nitrogens with one attached hydrogen (secondary N) is 1. The summed E-state index contributed by atoms with van der Waals surface area (Å²) in [5, 5.41) is 10.6. The smallest absolute Gasteiger partial charge is 0.255 e. The van der Waals surface area contributed by atoms with Crippen molar-refractivity contribution in [2.45, 2.75) is 6.04 Å². The molecule has 1 aromatic carbocycles. The minimum Gasteiger partial charge on any atom is -0.322 e. The Morgan fingerprint density at radius 1 is 1.29 bits per heavy atom. The van der Waals surface area contributed by atoms with Crippen LogP contribution in [0.25, 0.3) is 0 Å². The number of rotatable bonds is 0. The Kier molecular flexibility index (Phi) is 1.33. The zero-order valence-corrected chi connectivity index (χ0v) is 7.27. The van der Waals surface area contributed by atoms with E-state index in [2.05, 4.69) is 15.5 Å². The van der Waals surface area contributed by atoms with E-state index in [1.165, 1.54) is 6.20 Å². The normalized spacial score (nSPS) is 22.4. The van der Waals surface area contributed by atoms with E-state index in [0.29, 0.717) is 5.57 Å². The van der Waals surface area contributed by atoms with Gasteiger partial charge in [0.15, 0.2) is 0 Å². The number of hydrogen-bond donors (Lipinski definition) is 1. The Morgan fingerprint density at radius 3 is 3.07 bits per heavy atom. The third-order valence-corrected chi connectivity index (χ3v) is 2.44. The van der Waals surface area contributed by atoms with Gasteiger partial charge in [-0.25, -0.2) is 0 Å². The zero-order valence-electron chi connectivity index (χ0n) is 7.27. The van der Waals surface area contributed by atoms with E-state index in [-0.39, 0.29) is 11.9 Å². The summed E-state index contributed by atoms with van der Waals surface area (Å²) in [5.41, 5.74) is 2.48.